The zero-order valence-corrected chi connectivity index (χ0v) is 15.5. The molecule has 2 amide bonds. The minimum atomic E-state index is -2.17. The Balaban J connectivity index is 1.92. The van der Waals surface area contributed by atoms with Gasteiger partial charge >= 0.3 is 0 Å². The summed E-state index contributed by atoms with van der Waals surface area (Å²) in [6.07, 6.45) is 2.70. The Bertz CT molecular complexity index is 644. The van der Waals surface area contributed by atoms with E-state index in [1.165, 1.54) is 0 Å². The lowest BCUT2D eigenvalue weighted by molar-refractivity contribution is -0.141. The normalized spacial score (nSPS) is 19.2. The Hall–Kier alpha value is -1.77. The van der Waals surface area contributed by atoms with E-state index in [0.29, 0.717) is 25.8 Å². The molecule has 0 saturated carbocycles. The summed E-state index contributed by atoms with van der Waals surface area (Å²) in [5.74, 6) is -2.10. The van der Waals surface area contributed by atoms with E-state index in [1.807, 2.05) is 24.3 Å². The van der Waals surface area contributed by atoms with E-state index >= 15 is 0 Å². The zero-order valence-electron chi connectivity index (χ0n) is 13.9. The summed E-state index contributed by atoms with van der Waals surface area (Å²) in [4.78, 5) is 36.3. The number of Topliss-reactive ketones (excluding diaryl/α,β-unsaturated/α-hetero) is 1. The number of benzene rings is 1. The first-order chi connectivity index (χ1) is 11.8. The maximum absolute atomic E-state index is 12.4. The number of carbonyl (C=O) groups is 3. The molecular formula is C17H23BrN4O3. The number of hydrogen-bond acceptors (Lipinski definition) is 5. The fourth-order valence-electron chi connectivity index (χ4n) is 2.76. The number of carbonyl (C=O) groups excluding carboxylic acids is 3. The van der Waals surface area contributed by atoms with Gasteiger partial charge in [-0.2, -0.15) is 0 Å². The Kier molecular flexibility index (Phi) is 6.69. The van der Waals surface area contributed by atoms with Crippen molar-refractivity contribution in [2.75, 3.05) is 6.54 Å². The van der Waals surface area contributed by atoms with Crippen molar-refractivity contribution in [3.05, 3.63) is 34.3 Å². The molecule has 8 heteroatoms. The first-order valence-electron chi connectivity index (χ1n) is 8.25. The Morgan fingerprint density at radius 2 is 1.96 bits per heavy atom. The lowest BCUT2D eigenvalue weighted by atomic mass is 9.97. The predicted molar refractivity (Wildman–Crippen MR) is 97.4 cm³/mol. The van der Waals surface area contributed by atoms with Crippen molar-refractivity contribution in [2.24, 2.45) is 11.5 Å². The van der Waals surface area contributed by atoms with Crippen LogP contribution in [0.2, 0.25) is 0 Å². The fourth-order valence-corrected chi connectivity index (χ4v) is 3.02. The molecule has 0 bridgehead atoms. The maximum Gasteiger partial charge on any atom is 0.266 e. The van der Waals surface area contributed by atoms with Gasteiger partial charge in [0.1, 0.15) is 0 Å². The fraction of sp³-hybridized carbons (Fsp3) is 0.471. The SMILES string of the molecule is NC(=O)[C@@](N)(NC(=O)[C@@H]1CCCN1)C(=O)CCCc1ccc(Br)cc1. The highest BCUT2D eigenvalue weighted by Gasteiger charge is 2.42. The first-order valence-corrected chi connectivity index (χ1v) is 9.04. The van der Waals surface area contributed by atoms with Gasteiger partial charge in [0.05, 0.1) is 6.04 Å². The summed E-state index contributed by atoms with van der Waals surface area (Å²) >= 11 is 3.36. The molecule has 1 aliphatic rings. The van der Waals surface area contributed by atoms with Gasteiger partial charge in [-0.3, -0.25) is 20.1 Å². The van der Waals surface area contributed by atoms with Crippen molar-refractivity contribution >= 4 is 33.5 Å². The number of hydrogen-bond donors (Lipinski definition) is 4. The smallest absolute Gasteiger partial charge is 0.266 e. The van der Waals surface area contributed by atoms with E-state index in [9.17, 15) is 14.4 Å². The molecule has 1 aromatic rings. The quantitative estimate of drug-likeness (QED) is 0.363. The molecule has 2 atom stereocenters. The van der Waals surface area contributed by atoms with Crippen molar-refractivity contribution in [1.29, 1.82) is 0 Å². The molecule has 0 aromatic heterocycles. The van der Waals surface area contributed by atoms with E-state index in [0.717, 1.165) is 16.5 Å². The van der Waals surface area contributed by atoms with Crippen LogP contribution in [0.4, 0.5) is 0 Å². The highest BCUT2D eigenvalue weighted by atomic mass is 79.9. The number of primary amides is 1. The van der Waals surface area contributed by atoms with E-state index < -0.39 is 29.3 Å². The number of halogens is 1. The standard InChI is InChI=1S/C17H23BrN4O3/c18-12-8-6-11(7-9-12)3-1-5-14(23)17(20,16(19)25)22-15(24)13-4-2-10-21-13/h6-9,13,21H,1-5,10,20H2,(H2,19,25)(H,22,24)/t13-,17-/m0/s1. The third-order valence-electron chi connectivity index (χ3n) is 4.31. The third-order valence-corrected chi connectivity index (χ3v) is 4.84. The number of aryl methyl sites for hydroxylation is 1. The van der Waals surface area contributed by atoms with Crippen LogP contribution < -0.4 is 22.1 Å². The van der Waals surface area contributed by atoms with Gasteiger partial charge in [-0.25, -0.2) is 0 Å². The molecule has 0 spiro atoms. The largest absolute Gasteiger partial charge is 0.366 e. The van der Waals surface area contributed by atoms with E-state index in [2.05, 4.69) is 26.6 Å². The maximum atomic E-state index is 12.4. The van der Waals surface area contributed by atoms with Crippen molar-refractivity contribution in [3.63, 3.8) is 0 Å². The van der Waals surface area contributed by atoms with Crippen LogP contribution >= 0.6 is 15.9 Å². The molecule has 2 rings (SSSR count). The van der Waals surface area contributed by atoms with Gasteiger partial charge in [-0.05, 0) is 49.9 Å². The van der Waals surface area contributed by atoms with Crippen molar-refractivity contribution in [1.82, 2.24) is 10.6 Å². The number of ketones is 1. The predicted octanol–water partition coefficient (Wildman–Crippen LogP) is 0.349. The molecule has 0 aliphatic carbocycles. The van der Waals surface area contributed by atoms with Gasteiger partial charge < -0.3 is 16.4 Å². The molecule has 7 nitrogen and oxygen atoms in total. The topological polar surface area (TPSA) is 127 Å². The van der Waals surface area contributed by atoms with Gasteiger partial charge in [-0.1, -0.05) is 28.1 Å². The zero-order chi connectivity index (χ0) is 18.4. The number of rotatable bonds is 8. The first kappa shape index (κ1) is 19.6. The lowest BCUT2D eigenvalue weighted by Gasteiger charge is -2.27. The highest BCUT2D eigenvalue weighted by molar-refractivity contribution is 9.10. The van der Waals surface area contributed by atoms with Gasteiger partial charge in [0, 0.05) is 10.9 Å². The number of nitrogens with one attached hydrogen (secondary N) is 2. The molecule has 25 heavy (non-hydrogen) atoms. The monoisotopic (exact) mass is 410 g/mol. The summed E-state index contributed by atoms with van der Waals surface area (Å²) in [5.41, 5.74) is 10.1. The Morgan fingerprint density at radius 1 is 1.28 bits per heavy atom. The third kappa shape index (κ3) is 5.10. The average Bonchev–Trinajstić information content (AvgIpc) is 3.11. The molecule has 1 aliphatic heterocycles. The van der Waals surface area contributed by atoms with Crippen LogP contribution in [0.25, 0.3) is 0 Å². The van der Waals surface area contributed by atoms with E-state index in [4.69, 9.17) is 11.5 Å². The number of amides is 2. The van der Waals surface area contributed by atoms with Crippen LogP contribution in [0, 0.1) is 0 Å². The van der Waals surface area contributed by atoms with E-state index in [-0.39, 0.29) is 6.42 Å². The second kappa shape index (κ2) is 8.55. The molecule has 0 unspecified atom stereocenters. The van der Waals surface area contributed by atoms with Crippen LogP contribution in [-0.2, 0) is 20.8 Å². The molecule has 136 valence electrons. The van der Waals surface area contributed by atoms with Gasteiger partial charge in [0.25, 0.3) is 5.91 Å². The molecule has 6 N–H and O–H groups in total. The summed E-state index contributed by atoms with van der Waals surface area (Å²) in [6.45, 7) is 0.716. The summed E-state index contributed by atoms with van der Waals surface area (Å²) in [5, 5.41) is 5.33. The van der Waals surface area contributed by atoms with Crippen LogP contribution in [0.3, 0.4) is 0 Å². The van der Waals surface area contributed by atoms with Gasteiger partial charge in [0.15, 0.2) is 5.78 Å². The van der Waals surface area contributed by atoms with E-state index in [1.54, 1.807) is 0 Å². The summed E-state index contributed by atoms with van der Waals surface area (Å²) < 4.78 is 0.977. The van der Waals surface area contributed by atoms with Gasteiger partial charge in [-0.15, -0.1) is 0 Å². The van der Waals surface area contributed by atoms with Crippen molar-refractivity contribution < 1.29 is 14.4 Å². The summed E-state index contributed by atoms with van der Waals surface area (Å²) in [6, 6.07) is 7.29. The molecule has 1 heterocycles. The molecule has 1 fully saturated rings. The van der Waals surface area contributed by atoms with Crippen LogP contribution in [0.1, 0.15) is 31.2 Å². The molecule has 1 saturated heterocycles. The molecule has 0 radical (unpaired) electrons. The van der Waals surface area contributed by atoms with Crippen molar-refractivity contribution in [3.8, 4) is 0 Å². The number of nitrogens with two attached hydrogens (primary N) is 2. The van der Waals surface area contributed by atoms with Gasteiger partial charge in [0.2, 0.25) is 11.6 Å². The minimum absolute atomic E-state index is 0.0495. The van der Waals surface area contributed by atoms with Crippen molar-refractivity contribution in [2.45, 2.75) is 43.8 Å². The Labute approximate surface area is 155 Å². The lowest BCUT2D eigenvalue weighted by Crippen LogP contribution is -2.70. The second-order valence-electron chi connectivity index (χ2n) is 6.21. The summed E-state index contributed by atoms with van der Waals surface area (Å²) in [7, 11) is 0. The molecular weight excluding hydrogens is 388 g/mol. The second-order valence-corrected chi connectivity index (χ2v) is 7.13. The van der Waals surface area contributed by atoms with Crippen LogP contribution in [0.5, 0.6) is 0 Å². The Morgan fingerprint density at radius 3 is 2.52 bits per heavy atom. The van der Waals surface area contributed by atoms with Crippen LogP contribution in [-0.4, -0.2) is 35.8 Å². The highest BCUT2D eigenvalue weighted by Crippen LogP contribution is 2.14. The van der Waals surface area contributed by atoms with Crippen LogP contribution in [0.15, 0.2) is 28.7 Å². The average molecular weight is 411 g/mol. The molecule has 1 aromatic carbocycles. The minimum Gasteiger partial charge on any atom is -0.366 e.